The van der Waals surface area contributed by atoms with Crippen molar-refractivity contribution in [3.63, 3.8) is 0 Å². The van der Waals surface area contributed by atoms with Crippen LogP contribution in [0.15, 0.2) is 42.5 Å². The highest BCUT2D eigenvalue weighted by Crippen LogP contribution is 2.24. The molecule has 180 valence electrons. The summed E-state index contributed by atoms with van der Waals surface area (Å²) in [6, 6.07) is 9.88. The Balaban J connectivity index is 2.41. The average Bonchev–Trinajstić information content (AvgIpc) is 2.70. The van der Waals surface area contributed by atoms with E-state index < -0.39 is 34.3 Å². The van der Waals surface area contributed by atoms with Gasteiger partial charge in [0.15, 0.2) is 0 Å². The van der Waals surface area contributed by atoms with Crippen molar-refractivity contribution >= 4 is 27.5 Å². The average molecular weight is 478 g/mol. The smallest absolute Gasteiger partial charge is 0.244 e. The van der Waals surface area contributed by atoms with Gasteiger partial charge in [-0.15, -0.1) is 0 Å². The van der Waals surface area contributed by atoms with E-state index in [2.05, 4.69) is 5.32 Å². The van der Waals surface area contributed by atoms with Gasteiger partial charge in [-0.25, -0.2) is 12.8 Å². The predicted octanol–water partition coefficient (Wildman–Crippen LogP) is 3.15. The molecule has 0 heterocycles. The van der Waals surface area contributed by atoms with Crippen LogP contribution in [-0.4, -0.2) is 50.0 Å². The summed E-state index contributed by atoms with van der Waals surface area (Å²) in [6.45, 7) is 8.43. The summed E-state index contributed by atoms with van der Waals surface area (Å²) in [5.74, 6) is -1.32. The Morgan fingerprint density at radius 1 is 1.03 bits per heavy atom. The van der Waals surface area contributed by atoms with E-state index in [4.69, 9.17) is 0 Å². The number of rotatable bonds is 9. The first-order valence-electron chi connectivity index (χ1n) is 10.7. The molecule has 0 spiro atoms. The van der Waals surface area contributed by atoms with Crippen LogP contribution in [0.4, 0.5) is 10.1 Å². The van der Waals surface area contributed by atoms with Crippen LogP contribution in [0.3, 0.4) is 0 Å². The second kappa shape index (κ2) is 10.8. The Labute approximate surface area is 195 Å². The third kappa shape index (κ3) is 7.28. The summed E-state index contributed by atoms with van der Waals surface area (Å²) >= 11 is 0. The van der Waals surface area contributed by atoms with Crippen molar-refractivity contribution in [1.82, 2.24) is 10.2 Å². The number of benzene rings is 2. The molecule has 1 atom stereocenters. The molecular formula is C24H32FN3O4S. The van der Waals surface area contributed by atoms with Gasteiger partial charge >= 0.3 is 0 Å². The van der Waals surface area contributed by atoms with Gasteiger partial charge in [-0.1, -0.05) is 29.8 Å². The van der Waals surface area contributed by atoms with Gasteiger partial charge in [0.05, 0.1) is 11.9 Å². The number of sulfonamides is 1. The highest BCUT2D eigenvalue weighted by molar-refractivity contribution is 7.92. The fourth-order valence-corrected chi connectivity index (χ4v) is 4.36. The summed E-state index contributed by atoms with van der Waals surface area (Å²) < 4.78 is 39.6. The Kier molecular flexibility index (Phi) is 8.60. The van der Waals surface area contributed by atoms with E-state index >= 15 is 0 Å². The van der Waals surface area contributed by atoms with Crippen molar-refractivity contribution in [3.8, 4) is 0 Å². The minimum atomic E-state index is -3.79. The van der Waals surface area contributed by atoms with Gasteiger partial charge in [-0.3, -0.25) is 13.9 Å². The fraction of sp³-hybridized carbons (Fsp3) is 0.417. The number of amides is 2. The van der Waals surface area contributed by atoms with Crippen LogP contribution < -0.4 is 9.62 Å². The van der Waals surface area contributed by atoms with E-state index in [1.807, 2.05) is 26.8 Å². The summed E-state index contributed by atoms with van der Waals surface area (Å²) in [5.41, 5.74) is 2.70. The molecule has 9 heteroatoms. The lowest BCUT2D eigenvalue weighted by atomic mass is 10.1. The number of anilines is 1. The van der Waals surface area contributed by atoms with Crippen LogP contribution in [0.5, 0.6) is 0 Å². The molecule has 0 fully saturated rings. The molecule has 0 radical (unpaired) electrons. The zero-order valence-electron chi connectivity index (χ0n) is 19.9. The van der Waals surface area contributed by atoms with Crippen LogP contribution in [0, 0.1) is 19.7 Å². The zero-order chi connectivity index (χ0) is 24.9. The monoisotopic (exact) mass is 477 g/mol. The SMILES string of the molecule is Cc1ccc(N(CC(=O)N(Cc2ccc(F)cc2)[C@@H](C)C(=O)NC(C)C)S(C)(=O)=O)c(C)c1. The molecule has 2 aromatic carbocycles. The first-order chi connectivity index (χ1) is 15.3. The van der Waals surface area contributed by atoms with Crippen LogP contribution in [0.2, 0.25) is 0 Å². The Bertz CT molecular complexity index is 1100. The third-order valence-corrected chi connectivity index (χ3v) is 6.29. The molecular weight excluding hydrogens is 445 g/mol. The van der Waals surface area contributed by atoms with Gasteiger partial charge in [0.1, 0.15) is 18.4 Å². The second-order valence-electron chi connectivity index (χ2n) is 8.55. The van der Waals surface area contributed by atoms with E-state index in [1.54, 1.807) is 26.0 Å². The maximum atomic E-state index is 13.4. The molecule has 0 aliphatic rings. The Hall–Kier alpha value is -2.94. The fourth-order valence-electron chi connectivity index (χ4n) is 3.45. The molecule has 0 aliphatic heterocycles. The molecule has 0 aliphatic carbocycles. The minimum absolute atomic E-state index is 0.0241. The van der Waals surface area contributed by atoms with E-state index in [0.717, 1.165) is 16.1 Å². The Morgan fingerprint density at radius 2 is 1.64 bits per heavy atom. The van der Waals surface area contributed by atoms with Gasteiger partial charge in [-0.05, 0) is 63.9 Å². The molecule has 2 rings (SSSR count). The van der Waals surface area contributed by atoms with Crippen molar-refractivity contribution in [2.24, 2.45) is 0 Å². The maximum Gasteiger partial charge on any atom is 0.244 e. The molecule has 0 unspecified atom stereocenters. The molecule has 0 saturated heterocycles. The zero-order valence-corrected chi connectivity index (χ0v) is 20.7. The Morgan fingerprint density at radius 3 is 2.15 bits per heavy atom. The number of nitrogens with zero attached hydrogens (tertiary/aromatic N) is 2. The van der Waals surface area contributed by atoms with Crippen LogP contribution >= 0.6 is 0 Å². The van der Waals surface area contributed by atoms with E-state index in [-0.39, 0.29) is 18.5 Å². The molecule has 2 aromatic rings. The first-order valence-corrected chi connectivity index (χ1v) is 12.5. The highest BCUT2D eigenvalue weighted by Gasteiger charge is 2.30. The minimum Gasteiger partial charge on any atom is -0.352 e. The first kappa shape index (κ1) is 26.3. The molecule has 7 nitrogen and oxygen atoms in total. The summed E-state index contributed by atoms with van der Waals surface area (Å²) in [4.78, 5) is 27.4. The topological polar surface area (TPSA) is 86.8 Å². The van der Waals surface area contributed by atoms with Crippen LogP contribution in [0.25, 0.3) is 0 Å². The quantitative estimate of drug-likeness (QED) is 0.601. The molecule has 2 amide bonds. The highest BCUT2D eigenvalue weighted by atomic mass is 32.2. The van der Waals surface area contributed by atoms with Gasteiger partial charge in [0, 0.05) is 12.6 Å². The lowest BCUT2D eigenvalue weighted by Crippen LogP contribution is -2.52. The molecule has 1 N–H and O–H groups in total. The van der Waals surface area contributed by atoms with Gasteiger partial charge in [0.2, 0.25) is 21.8 Å². The predicted molar refractivity (Wildman–Crippen MR) is 128 cm³/mol. The third-order valence-electron chi connectivity index (χ3n) is 5.16. The van der Waals surface area contributed by atoms with Crippen molar-refractivity contribution < 1.29 is 22.4 Å². The van der Waals surface area contributed by atoms with E-state index in [0.29, 0.717) is 16.8 Å². The van der Waals surface area contributed by atoms with Gasteiger partial charge in [-0.2, -0.15) is 0 Å². The van der Waals surface area contributed by atoms with Crippen molar-refractivity contribution in [1.29, 1.82) is 0 Å². The number of carbonyl (C=O) groups is 2. The summed E-state index contributed by atoms with van der Waals surface area (Å²) in [5, 5.41) is 2.78. The molecule has 33 heavy (non-hydrogen) atoms. The van der Waals surface area contributed by atoms with Crippen molar-refractivity contribution in [2.75, 3.05) is 17.1 Å². The molecule has 0 aromatic heterocycles. The van der Waals surface area contributed by atoms with Crippen LogP contribution in [-0.2, 0) is 26.2 Å². The lowest BCUT2D eigenvalue weighted by molar-refractivity contribution is -0.139. The molecule has 0 bridgehead atoms. The standard InChI is InChI=1S/C24H32FN3O4S/c1-16(2)26-24(30)19(5)27(14-20-8-10-21(25)11-9-20)23(29)15-28(33(6,31)32)22-12-7-17(3)13-18(22)4/h7-13,16,19H,14-15H2,1-6H3,(H,26,30)/t19-/m0/s1. The molecule has 0 saturated carbocycles. The number of nitrogens with one attached hydrogen (secondary N) is 1. The summed E-state index contributed by atoms with van der Waals surface area (Å²) in [7, 11) is -3.79. The van der Waals surface area contributed by atoms with Crippen molar-refractivity contribution in [3.05, 3.63) is 65.0 Å². The van der Waals surface area contributed by atoms with Crippen LogP contribution in [0.1, 0.15) is 37.5 Å². The maximum absolute atomic E-state index is 13.4. The largest absolute Gasteiger partial charge is 0.352 e. The van der Waals surface area contributed by atoms with Gasteiger partial charge < -0.3 is 10.2 Å². The normalized spacial score (nSPS) is 12.4. The van der Waals surface area contributed by atoms with Crippen molar-refractivity contribution in [2.45, 2.75) is 53.2 Å². The number of carbonyl (C=O) groups excluding carboxylic acids is 2. The number of hydrogen-bond acceptors (Lipinski definition) is 4. The number of aryl methyl sites for hydroxylation is 2. The van der Waals surface area contributed by atoms with E-state index in [9.17, 15) is 22.4 Å². The van der Waals surface area contributed by atoms with Gasteiger partial charge in [0.25, 0.3) is 0 Å². The lowest BCUT2D eigenvalue weighted by Gasteiger charge is -2.32. The number of hydrogen-bond donors (Lipinski definition) is 1. The second-order valence-corrected chi connectivity index (χ2v) is 10.5. The number of halogens is 1. The van der Waals surface area contributed by atoms with E-state index in [1.165, 1.54) is 29.2 Å². The summed E-state index contributed by atoms with van der Waals surface area (Å²) in [6.07, 6.45) is 1.04.